The van der Waals surface area contributed by atoms with E-state index >= 15 is 0 Å². The van der Waals surface area contributed by atoms with Crippen molar-refractivity contribution in [3.63, 3.8) is 0 Å². The molecule has 2 heterocycles. The molecule has 0 aliphatic carbocycles. The van der Waals surface area contributed by atoms with Crippen LogP contribution in [0.15, 0.2) is 21.9 Å². The summed E-state index contributed by atoms with van der Waals surface area (Å²) < 4.78 is 6.19. The molecule has 0 saturated carbocycles. The van der Waals surface area contributed by atoms with Gasteiger partial charge in [-0.05, 0) is 6.92 Å². The highest BCUT2D eigenvalue weighted by molar-refractivity contribution is 5.00. The number of hydrogen-bond donors (Lipinski definition) is 4. The molecular formula is C10H14N2O6. The van der Waals surface area contributed by atoms with E-state index in [1.807, 2.05) is 4.98 Å². The number of aliphatic hydroxyl groups is 3. The van der Waals surface area contributed by atoms with E-state index in [0.717, 1.165) is 16.8 Å². The fraction of sp³-hybridized carbons (Fsp3) is 0.600. The Kier molecular flexibility index (Phi) is 3.11. The van der Waals surface area contributed by atoms with Gasteiger partial charge in [-0.2, -0.15) is 0 Å². The minimum Gasteiger partial charge on any atom is -0.394 e. The van der Waals surface area contributed by atoms with Crippen LogP contribution in [0.2, 0.25) is 0 Å². The largest absolute Gasteiger partial charge is 0.394 e. The van der Waals surface area contributed by atoms with Crippen LogP contribution in [0.4, 0.5) is 0 Å². The molecule has 18 heavy (non-hydrogen) atoms. The number of ether oxygens (including phenoxy) is 1. The average molecular weight is 258 g/mol. The van der Waals surface area contributed by atoms with E-state index in [2.05, 4.69) is 0 Å². The molecule has 100 valence electrons. The third-order valence-corrected chi connectivity index (χ3v) is 3.04. The Morgan fingerprint density at radius 1 is 1.56 bits per heavy atom. The highest BCUT2D eigenvalue weighted by atomic mass is 16.6. The molecular weight excluding hydrogens is 244 g/mol. The maximum atomic E-state index is 11.6. The van der Waals surface area contributed by atoms with Gasteiger partial charge in [0.05, 0.1) is 6.61 Å². The van der Waals surface area contributed by atoms with E-state index in [1.54, 1.807) is 0 Å². The molecule has 0 bridgehead atoms. The van der Waals surface area contributed by atoms with Crippen LogP contribution in [0.3, 0.4) is 0 Å². The topological polar surface area (TPSA) is 125 Å². The van der Waals surface area contributed by atoms with Crippen molar-refractivity contribution in [1.29, 1.82) is 0 Å². The number of aromatic amines is 1. The molecule has 0 radical (unpaired) electrons. The number of rotatable bonds is 2. The second-order valence-electron chi connectivity index (χ2n) is 4.40. The highest BCUT2D eigenvalue weighted by Gasteiger charge is 2.53. The maximum Gasteiger partial charge on any atom is 0.330 e. The Morgan fingerprint density at radius 3 is 2.72 bits per heavy atom. The van der Waals surface area contributed by atoms with E-state index in [0.29, 0.717) is 0 Å². The molecule has 1 aromatic rings. The van der Waals surface area contributed by atoms with Gasteiger partial charge in [-0.3, -0.25) is 14.3 Å². The minimum absolute atomic E-state index is 0.494. The lowest BCUT2D eigenvalue weighted by Crippen LogP contribution is -2.46. The molecule has 0 spiro atoms. The van der Waals surface area contributed by atoms with Crippen molar-refractivity contribution in [3.05, 3.63) is 33.1 Å². The fourth-order valence-electron chi connectivity index (χ4n) is 2.00. The average Bonchev–Trinajstić information content (AvgIpc) is 2.52. The Hall–Kier alpha value is -1.48. The SMILES string of the molecule is C[C@]1(O)[C@H](O)[C@@H](CO)O[C@H]1n1ccc(=O)[nH]c1=O. The van der Waals surface area contributed by atoms with Crippen molar-refractivity contribution >= 4 is 0 Å². The van der Waals surface area contributed by atoms with E-state index in [4.69, 9.17) is 9.84 Å². The second kappa shape index (κ2) is 4.32. The quantitative estimate of drug-likeness (QED) is 0.466. The zero-order valence-corrected chi connectivity index (χ0v) is 9.61. The summed E-state index contributed by atoms with van der Waals surface area (Å²) in [6.07, 6.45) is -2.36. The van der Waals surface area contributed by atoms with Crippen molar-refractivity contribution in [2.24, 2.45) is 0 Å². The first kappa shape index (κ1) is 13.0. The van der Waals surface area contributed by atoms with Crippen molar-refractivity contribution < 1.29 is 20.1 Å². The summed E-state index contributed by atoms with van der Waals surface area (Å²) in [5.74, 6) is 0. The molecule has 0 aromatic carbocycles. The fourth-order valence-corrected chi connectivity index (χ4v) is 2.00. The Balaban J connectivity index is 2.45. The zero-order valence-electron chi connectivity index (χ0n) is 9.61. The van der Waals surface area contributed by atoms with Crippen LogP contribution in [0.25, 0.3) is 0 Å². The van der Waals surface area contributed by atoms with E-state index in [-0.39, 0.29) is 0 Å². The lowest BCUT2D eigenvalue weighted by atomic mass is 9.96. The molecule has 2 rings (SSSR count). The third-order valence-electron chi connectivity index (χ3n) is 3.04. The van der Waals surface area contributed by atoms with Gasteiger partial charge >= 0.3 is 5.69 Å². The number of nitrogens with one attached hydrogen (secondary N) is 1. The number of H-pyrrole nitrogens is 1. The number of nitrogens with zero attached hydrogens (tertiary/aromatic N) is 1. The van der Waals surface area contributed by atoms with Crippen molar-refractivity contribution in [2.45, 2.75) is 31.0 Å². The van der Waals surface area contributed by atoms with Gasteiger partial charge in [-0.25, -0.2) is 4.79 Å². The van der Waals surface area contributed by atoms with Gasteiger partial charge in [0.15, 0.2) is 6.23 Å². The number of aliphatic hydroxyl groups excluding tert-OH is 2. The van der Waals surface area contributed by atoms with Gasteiger partial charge < -0.3 is 20.1 Å². The van der Waals surface area contributed by atoms with Crippen molar-refractivity contribution in [2.75, 3.05) is 6.61 Å². The standard InChI is InChI=1S/C10H14N2O6/c1-10(17)7(15)5(4-13)18-8(10)12-3-2-6(14)11-9(12)16/h2-3,5,7-8,13,15,17H,4H2,1H3,(H,11,14,16)/t5-,7-,8-,10+/m1/s1. The second-order valence-corrected chi connectivity index (χ2v) is 4.40. The maximum absolute atomic E-state index is 11.6. The lowest BCUT2D eigenvalue weighted by molar-refractivity contribution is -0.0987. The first-order chi connectivity index (χ1) is 8.37. The first-order valence-electron chi connectivity index (χ1n) is 5.36. The van der Waals surface area contributed by atoms with Crippen LogP contribution in [0, 0.1) is 0 Å². The lowest BCUT2D eigenvalue weighted by Gasteiger charge is -2.27. The van der Waals surface area contributed by atoms with Crippen LogP contribution in [0.5, 0.6) is 0 Å². The number of hydrogen-bond acceptors (Lipinski definition) is 6. The summed E-state index contributed by atoms with van der Waals surface area (Å²) in [6.45, 7) is 0.793. The van der Waals surface area contributed by atoms with Gasteiger partial charge in [0.25, 0.3) is 5.56 Å². The van der Waals surface area contributed by atoms with Crippen LogP contribution >= 0.6 is 0 Å². The van der Waals surface area contributed by atoms with Crippen molar-refractivity contribution in [3.8, 4) is 0 Å². The van der Waals surface area contributed by atoms with Gasteiger partial charge in [0.1, 0.15) is 17.8 Å². The normalized spacial score (nSPS) is 35.9. The molecule has 1 saturated heterocycles. The third kappa shape index (κ3) is 1.89. The molecule has 4 atom stereocenters. The van der Waals surface area contributed by atoms with Crippen LogP contribution in [-0.4, -0.2) is 49.3 Å². The summed E-state index contributed by atoms with van der Waals surface area (Å²) >= 11 is 0. The van der Waals surface area contributed by atoms with Crippen LogP contribution in [0.1, 0.15) is 13.2 Å². The van der Waals surface area contributed by atoms with E-state index in [1.165, 1.54) is 6.92 Å². The van der Waals surface area contributed by atoms with Gasteiger partial charge in [0.2, 0.25) is 0 Å². The molecule has 1 fully saturated rings. The molecule has 1 aliphatic heterocycles. The summed E-state index contributed by atoms with van der Waals surface area (Å²) in [4.78, 5) is 24.5. The summed E-state index contributed by atoms with van der Waals surface area (Å²) in [6, 6.07) is 1.10. The Morgan fingerprint density at radius 2 is 2.22 bits per heavy atom. The van der Waals surface area contributed by atoms with Crippen LogP contribution < -0.4 is 11.2 Å². The van der Waals surface area contributed by atoms with Crippen LogP contribution in [-0.2, 0) is 4.74 Å². The smallest absolute Gasteiger partial charge is 0.330 e. The monoisotopic (exact) mass is 258 g/mol. The van der Waals surface area contributed by atoms with Gasteiger partial charge in [0, 0.05) is 12.3 Å². The highest BCUT2D eigenvalue weighted by Crippen LogP contribution is 2.36. The summed E-state index contributed by atoms with van der Waals surface area (Å²) in [7, 11) is 0. The molecule has 0 unspecified atom stereocenters. The minimum atomic E-state index is -1.75. The molecule has 1 aliphatic rings. The van der Waals surface area contributed by atoms with E-state index in [9.17, 15) is 19.8 Å². The zero-order chi connectivity index (χ0) is 13.5. The molecule has 4 N–H and O–H groups in total. The van der Waals surface area contributed by atoms with Crippen molar-refractivity contribution in [1.82, 2.24) is 9.55 Å². The molecule has 8 heteroatoms. The predicted molar refractivity (Wildman–Crippen MR) is 58.9 cm³/mol. The molecule has 8 nitrogen and oxygen atoms in total. The van der Waals surface area contributed by atoms with Gasteiger partial charge in [-0.1, -0.05) is 0 Å². The molecule has 0 amide bonds. The summed E-state index contributed by atoms with van der Waals surface area (Å²) in [5.41, 5.74) is -3.10. The van der Waals surface area contributed by atoms with E-state index < -0.39 is 41.9 Å². The Bertz CT molecular complexity index is 548. The number of aromatic nitrogens is 2. The Labute approximate surface area is 101 Å². The first-order valence-corrected chi connectivity index (χ1v) is 5.36. The summed E-state index contributed by atoms with van der Waals surface area (Å²) in [5, 5.41) is 28.9. The predicted octanol–water partition coefficient (Wildman–Crippen LogP) is -2.46. The molecule has 1 aromatic heterocycles. The van der Waals surface area contributed by atoms with Gasteiger partial charge in [-0.15, -0.1) is 0 Å².